The Balaban J connectivity index is 1.87. The fourth-order valence-electron chi connectivity index (χ4n) is 3.06. The maximum absolute atomic E-state index is 13.0. The SMILES string of the molecule is CCOC(=O)C1=C(COC(=O)C(=Cc2cccc(OC)c2)c2ccccc2)NC(=O)NC1. The van der Waals surface area contributed by atoms with Gasteiger partial charge in [-0.05, 0) is 36.3 Å². The van der Waals surface area contributed by atoms with Crippen LogP contribution in [0.15, 0.2) is 65.9 Å². The topological polar surface area (TPSA) is 103 Å². The van der Waals surface area contributed by atoms with E-state index < -0.39 is 18.0 Å². The highest BCUT2D eigenvalue weighted by atomic mass is 16.5. The van der Waals surface area contributed by atoms with Crippen LogP contribution in [0.5, 0.6) is 5.75 Å². The first kappa shape index (κ1) is 22.6. The van der Waals surface area contributed by atoms with E-state index in [1.54, 1.807) is 44.4 Å². The molecule has 1 heterocycles. The number of carbonyl (C=O) groups excluding carboxylic acids is 3. The van der Waals surface area contributed by atoms with E-state index in [1.165, 1.54) is 0 Å². The lowest BCUT2D eigenvalue weighted by Crippen LogP contribution is -2.45. The number of methoxy groups -OCH3 is 1. The summed E-state index contributed by atoms with van der Waals surface area (Å²) < 4.78 is 15.8. The largest absolute Gasteiger partial charge is 0.497 e. The Morgan fingerprint density at radius 1 is 1.06 bits per heavy atom. The highest BCUT2D eigenvalue weighted by Gasteiger charge is 2.25. The van der Waals surface area contributed by atoms with Gasteiger partial charge in [0.1, 0.15) is 12.4 Å². The summed E-state index contributed by atoms with van der Waals surface area (Å²) in [4.78, 5) is 37.0. The second-order valence-electron chi connectivity index (χ2n) is 6.76. The molecular weight excluding hydrogens is 412 g/mol. The van der Waals surface area contributed by atoms with Crippen LogP contribution in [-0.4, -0.2) is 44.8 Å². The summed E-state index contributed by atoms with van der Waals surface area (Å²) >= 11 is 0. The molecule has 0 saturated heterocycles. The van der Waals surface area contributed by atoms with Gasteiger partial charge >= 0.3 is 18.0 Å². The number of carbonyl (C=O) groups is 3. The maximum Gasteiger partial charge on any atom is 0.339 e. The van der Waals surface area contributed by atoms with Crippen LogP contribution in [0.1, 0.15) is 18.1 Å². The van der Waals surface area contributed by atoms with Gasteiger partial charge in [0.25, 0.3) is 0 Å². The van der Waals surface area contributed by atoms with Gasteiger partial charge in [0.15, 0.2) is 0 Å². The number of ether oxygens (including phenoxy) is 3. The van der Waals surface area contributed by atoms with Crippen molar-refractivity contribution in [2.45, 2.75) is 6.92 Å². The Hall–Kier alpha value is -4.07. The fourth-order valence-corrected chi connectivity index (χ4v) is 3.06. The number of hydrogen-bond donors (Lipinski definition) is 2. The van der Waals surface area contributed by atoms with Crippen molar-refractivity contribution in [3.05, 3.63) is 77.0 Å². The van der Waals surface area contributed by atoms with Crippen LogP contribution in [0, 0.1) is 0 Å². The first-order valence-corrected chi connectivity index (χ1v) is 10.0. The van der Waals surface area contributed by atoms with Crippen molar-refractivity contribution in [2.24, 2.45) is 0 Å². The lowest BCUT2D eigenvalue weighted by atomic mass is 10.0. The zero-order valence-corrected chi connectivity index (χ0v) is 17.8. The predicted molar refractivity (Wildman–Crippen MR) is 118 cm³/mol. The normalized spacial score (nSPS) is 13.7. The third-order valence-electron chi connectivity index (χ3n) is 4.63. The van der Waals surface area contributed by atoms with Crippen molar-refractivity contribution in [2.75, 3.05) is 26.9 Å². The van der Waals surface area contributed by atoms with Gasteiger partial charge in [-0.1, -0.05) is 42.5 Å². The standard InChI is InChI=1S/C24H24N2O6/c1-3-31-23(28)20-14-25-24(29)26-21(20)15-32-22(27)19(17-9-5-4-6-10-17)13-16-8-7-11-18(12-16)30-2/h4-13H,3,14-15H2,1-2H3,(H2,25,26,29). The quantitative estimate of drug-likeness (QED) is 0.375. The van der Waals surface area contributed by atoms with Crippen LogP contribution in [-0.2, 0) is 19.1 Å². The van der Waals surface area contributed by atoms with Crippen molar-refractivity contribution in [1.29, 1.82) is 0 Å². The number of nitrogens with one attached hydrogen (secondary N) is 2. The molecule has 0 aliphatic carbocycles. The molecule has 8 heteroatoms. The highest BCUT2D eigenvalue weighted by Crippen LogP contribution is 2.22. The molecule has 0 radical (unpaired) electrons. The minimum atomic E-state index is -0.609. The summed E-state index contributed by atoms with van der Waals surface area (Å²) in [6.45, 7) is 1.57. The molecule has 0 atom stereocenters. The van der Waals surface area contributed by atoms with Gasteiger partial charge < -0.3 is 24.8 Å². The Morgan fingerprint density at radius 3 is 2.56 bits per heavy atom. The van der Waals surface area contributed by atoms with Crippen molar-refractivity contribution in [3.63, 3.8) is 0 Å². The number of urea groups is 1. The molecule has 2 N–H and O–H groups in total. The third-order valence-corrected chi connectivity index (χ3v) is 4.63. The maximum atomic E-state index is 13.0. The van der Waals surface area contributed by atoms with Gasteiger partial charge in [-0.3, -0.25) is 0 Å². The van der Waals surface area contributed by atoms with E-state index in [9.17, 15) is 14.4 Å². The number of esters is 2. The fraction of sp³-hybridized carbons (Fsp3) is 0.208. The first-order chi connectivity index (χ1) is 15.5. The van der Waals surface area contributed by atoms with Crippen molar-refractivity contribution < 1.29 is 28.6 Å². The van der Waals surface area contributed by atoms with Crippen LogP contribution in [0.3, 0.4) is 0 Å². The Labute approximate surface area is 185 Å². The summed E-state index contributed by atoms with van der Waals surface area (Å²) in [5.74, 6) is -0.537. The van der Waals surface area contributed by atoms with Crippen molar-refractivity contribution >= 4 is 29.6 Å². The lowest BCUT2D eigenvalue weighted by Gasteiger charge is -2.21. The zero-order chi connectivity index (χ0) is 22.9. The van der Waals surface area contributed by atoms with E-state index in [-0.39, 0.29) is 31.0 Å². The van der Waals surface area contributed by atoms with Crippen molar-refractivity contribution in [3.8, 4) is 5.75 Å². The average Bonchev–Trinajstić information content (AvgIpc) is 2.82. The second kappa shape index (κ2) is 10.8. The van der Waals surface area contributed by atoms with Crippen LogP contribution >= 0.6 is 0 Å². The van der Waals surface area contributed by atoms with E-state index in [0.717, 1.165) is 5.56 Å². The molecule has 2 aromatic rings. The Kier molecular flexibility index (Phi) is 7.64. The molecular formula is C24H24N2O6. The van der Waals surface area contributed by atoms with Crippen LogP contribution in [0.2, 0.25) is 0 Å². The van der Waals surface area contributed by atoms with Gasteiger partial charge in [0.2, 0.25) is 0 Å². The first-order valence-electron chi connectivity index (χ1n) is 10.0. The molecule has 0 unspecified atom stereocenters. The van der Waals surface area contributed by atoms with Gasteiger partial charge in [-0.2, -0.15) is 0 Å². The molecule has 2 amide bonds. The van der Waals surface area contributed by atoms with Crippen LogP contribution < -0.4 is 15.4 Å². The molecule has 2 aromatic carbocycles. The molecule has 32 heavy (non-hydrogen) atoms. The number of hydrogen-bond acceptors (Lipinski definition) is 6. The van der Waals surface area contributed by atoms with E-state index in [1.807, 2.05) is 30.3 Å². The Morgan fingerprint density at radius 2 is 1.84 bits per heavy atom. The smallest absolute Gasteiger partial charge is 0.339 e. The molecule has 1 aliphatic rings. The summed E-state index contributed by atoms with van der Waals surface area (Å²) in [5.41, 5.74) is 2.13. The molecule has 0 saturated carbocycles. The van der Waals surface area contributed by atoms with Gasteiger partial charge in [0.05, 0.1) is 37.1 Å². The number of benzene rings is 2. The molecule has 0 bridgehead atoms. The summed E-state index contributed by atoms with van der Waals surface area (Å²) in [6.07, 6.45) is 1.70. The highest BCUT2D eigenvalue weighted by molar-refractivity contribution is 6.21. The molecule has 1 aliphatic heterocycles. The predicted octanol–water partition coefficient (Wildman–Crippen LogP) is 2.91. The van der Waals surface area contributed by atoms with E-state index >= 15 is 0 Å². The molecule has 0 spiro atoms. The lowest BCUT2D eigenvalue weighted by molar-refractivity contribution is -0.139. The molecule has 0 aromatic heterocycles. The summed E-state index contributed by atoms with van der Waals surface area (Å²) in [7, 11) is 1.57. The minimum absolute atomic E-state index is 0.0112. The zero-order valence-electron chi connectivity index (χ0n) is 17.8. The number of amides is 2. The second-order valence-corrected chi connectivity index (χ2v) is 6.76. The van der Waals surface area contributed by atoms with E-state index in [2.05, 4.69) is 10.6 Å². The molecule has 8 nitrogen and oxygen atoms in total. The average molecular weight is 436 g/mol. The summed E-state index contributed by atoms with van der Waals surface area (Å²) in [5, 5.41) is 5.03. The Bertz CT molecular complexity index is 1060. The third kappa shape index (κ3) is 5.75. The van der Waals surface area contributed by atoms with Crippen LogP contribution in [0.25, 0.3) is 11.6 Å². The van der Waals surface area contributed by atoms with Crippen LogP contribution in [0.4, 0.5) is 4.79 Å². The van der Waals surface area contributed by atoms with Gasteiger partial charge in [0, 0.05) is 0 Å². The molecule has 166 valence electrons. The van der Waals surface area contributed by atoms with Gasteiger partial charge in [-0.25, -0.2) is 14.4 Å². The molecule has 0 fully saturated rings. The summed E-state index contributed by atoms with van der Waals surface area (Å²) in [6, 6.07) is 15.8. The molecule has 3 rings (SSSR count). The van der Waals surface area contributed by atoms with E-state index in [4.69, 9.17) is 14.2 Å². The minimum Gasteiger partial charge on any atom is -0.497 e. The number of rotatable bonds is 8. The monoisotopic (exact) mass is 436 g/mol. The van der Waals surface area contributed by atoms with Gasteiger partial charge in [-0.15, -0.1) is 0 Å². The van der Waals surface area contributed by atoms with E-state index in [0.29, 0.717) is 16.9 Å². The van der Waals surface area contributed by atoms with Crippen molar-refractivity contribution in [1.82, 2.24) is 10.6 Å².